The number of thiophene rings is 1. The number of hydrogen-bond donors (Lipinski definition) is 0. The highest BCUT2D eigenvalue weighted by molar-refractivity contribution is 7.26. The first kappa shape index (κ1) is 38.0. The van der Waals surface area contributed by atoms with Crippen molar-refractivity contribution in [2.75, 3.05) is 0 Å². The van der Waals surface area contributed by atoms with Gasteiger partial charge in [0.2, 0.25) is 0 Å². The van der Waals surface area contributed by atoms with E-state index < -0.39 is 0 Å². The van der Waals surface area contributed by atoms with Crippen molar-refractivity contribution >= 4 is 64.1 Å². The molecule has 0 aliphatic carbocycles. The van der Waals surface area contributed by atoms with Gasteiger partial charge in [0, 0.05) is 58.9 Å². The Bertz CT molecular complexity index is 3960. The molecule has 0 fully saturated rings. The molecule has 3 heterocycles. The van der Waals surface area contributed by atoms with Gasteiger partial charge in [-0.25, -0.2) is 15.0 Å². The summed E-state index contributed by atoms with van der Waals surface area (Å²) >= 11 is 1.84. The van der Waals surface area contributed by atoms with Crippen LogP contribution in [0.25, 0.3) is 126 Å². The molecule has 0 radical (unpaired) electrons. The molecule has 3 aromatic heterocycles. The smallest absolute Gasteiger partial charge is 0.164 e. The van der Waals surface area contributed by atoms with Gasteiger partial charge in [0.1, 0.15) is 0 Å². The number of fused-ring (bicyclic) bond motifs is 7. The summed E-state index contributed by atoms with van der Waals surface area (Å²) in [5, 5.41) is 7.39. The molecule has 10 aromatic carbocycles. The molecule has 0 aliphatic heterocycles. The van der Waals surface area contributed by atoms with Gasteiger partial charge < -0.3 is 4.57 Å². The average molecular weight is 859 g/mol. The number of nitrogens with zero attached hydrogens (tertiary/aromatic N) is 4. The highest BCUT2D eigenvalue weighted by Gasteiger charge is 2.21. The van der Waals surface area contributed by atoms with Crippen molar-refractivity contribution in [2.45, 2.75) is 0 Å². The number of hydrogen-bond acceptors (Lipinski definition) is 4. The molecule has 13 rings (SSSR count). The van der Waals surface area contributed by atoms with Crippen LogP contribution in [0.3, 0.4) is 0 Å². The summed E-state index contributed by atoms with van der Waals surface area (Å²) in [5.74, 6) is 1.86. The van der Waals surface area contributed by atoms with E-state index in [0.717, 1.165) is 55.7 Å². The highest BCUT2D eigenvalue weighted by atomic mass is 32.1. The van der Waals surface area contributed by atoms with Crippen LogP contribution in [0.1, 0.15) is 0 Å². The third-order valence-corrected chi connectivity index (χ3v) is 14.1. The Morgan fingerprint density at radius 3 is 1.55 bits per heavy atom. The van der Waals surface area contributed by atoms with E-state index in [0.29, 0.717) is 17.5 Å². The van der Waals surface area contributed by atoms with E-state index in [4.69, 9.17) is 15.0 Å². The number of rotatable bonds is 7. The Morgan fingerprint density at radius 2 is 0.833 bits per heavy atom. The molecule has 66 heavy (non-hydrogen) atoms. The SMILES string of the molecule is c1ccc(-c2ccc(-c3ccc(-c4nc(-c5ccccc5)nc(-c5ccc(-n6c7ccccc7c7cc8ccccc8cc76)cc5-c5cccc6c5sc5ccccc56)n4)cc3)cc2)cc1. The lowest BCUT2D eigenvalue weighted by molar-refractivity contribution is 1.07. The number of benzene rings is 10. The van der Waals surface area contributed by atoms with Crippen LogP contribution in [0.4, 0.5) is 0 Å². The molecule has 0 spiro atoms. The van der Waals surface area contributed by atoms with Crippen molar-refractivity contribution in [3.05, 3.63) is 231 Å². The molecular weight excluding hydrogens is 821 g/mol. The van der Waals surface area contributed by atoms with E-state index in [9.17, 15) is 0 Å². The largest absolute Gasteiger partial charge is 0.309 e. The highest BCUT2D eigenvalue weighted by Crippen LogP contribution is 2.44. The minimum atomic E-state index is 0.618. The van der Waals surface area contributed by atoms with Crippen molar-refractivity contribution in [3.63, 3.8) is 0 Å². The summed E-state index contributed by atoms with van der Waals surface area (Å²) in [6.45, 7) is 0. The summed E-state index contributed by atoms with van der Waals surface area (Å²) < 4.78 is 4.91. The number of aromatic nitrogens is 4. The Balaban J connectivity index is 1.01. The predicted octanol–water partition coefficient (Wildman–Crippen LogP) is 16.5. The van der Waals surface area contributed by atoms with Gasteiger partial charge in [0.25, 0.3) is 0 Å². The Hall–Kier alpha value is -8.51. The summed E-state index contributed by atoms with van der Waals surface area (Å²) in [6, 6.07) is 82.3. The van der Waals surface area contributed by atoms with Crippen LogP contribution in [0.2, 0.25) is 0 Å². The fourth-order valence-corrected chi connectivity index (χ4v) is 10.9. The van der Waals surface area contributed by atoms with Crippen molar-refractivity contribution < 1.29 is 0 Å². The molecule has 0 atom stereocenters. The van der Waals surface area contributed by atoms with Gasteiger partial charge in [-0.05, 0) is 81.1 Å². The molecule has 308 valence electrons. The van der Waals surface area contributed by atoms with Crippen molar-refractivity contribution in [2.24, 2.45) is 0 Å². The fraction of sp³-hybridized carbons (Fsp3) is 0. The Morgan fingerprint density at radius 1 is 0.303 bits per heavy atom. The maximum atomic E-state index is 5.36. The molecule has 0 aliphatic rings. The lowest BCUT2D eigenvalue weighted by atomic mass is 9.96. The maximum absolute atomic E-state index is 5.36. The van der Waals surface area contributed by atoms with E-state index in [1.807, 2.05) is 29.5 Å². The van der Waals surface area contributed by atoms with E-state index in [1.165, 1.54) is 52.8 Å². The van der Waals surface area contributed by atoms with E-state index >= 15 is 0 Å². The predicted molar refractivity (Wildman–Crippen MR) is 277 cm³/mol. The molecular formula is C61H38N4S. The summed E-state index contributed by atoms with van der Waals surface area (Å²) in [7, 11) is 0. The van der Waals surface area contributed by atoms with Crippen LogP contribution in [0.5, 0.6) is 0 Å². The molecule has 0 unspecified atom stereocenters. The topological polar surface area (TPSA) is 43.6 Å². The lowest BCUT2D eigenvalue weighted by Gasteiger charge is -2.16. The Kier molecular flexibility index (Phi) is 9.00. The van der Waals surface area contributed by atoms with Gasteiger partial charge in [-0.15, -0.1) is 11.3 Å². The second kappa shape index (κ2) is 15.6. The van der Waals surface area contributed by atoms with E-state index in [1.54, 1.807) is 0 Å². The third kappa shape index (κ3) is 6.48. The van der Waals surface area contributed by atoms with Crippen LogP contribution in [-0.2, 0) is 0 Å². The fourth-order valence-electron chi connectivity index (χ4n) is 9.62. The molecule has 0 saturated carbocycles. The van der Waals surface area contributed by atoms with Gasteiger partial charge >= 0.3 is 0 Å². The normalized spacial score (nSPS) is 11.6. The minimum absolute atomic E-state index is 0.618. The molecule has 0 N–H and O–H groups in total. The van der Waals surface area contributed by atoms with Crippen LogP contribution in [-0.4, -0.2) is 19.5 Å². The van der Waals surface area contributed by atoms with E-state index in [2.05, 4.69) is 217 Å². The molecule has 13 aromatic rings. The molecule has 0 bridgehead atoms. The molecule has 4 nitrogen and oxygen atoms in total. The van der Waals surface area contributed by atoms with Crippen molar-refractivity contribution in [1.82, 2.24) is 19.5 Å². The van der Waals surface area contributed by atoms with Gasteiger partial charge in [-0.1, -0.05) is 188 Å². The first-order valence-electron chi connectivity index (χ1n) is 22.3. The third-order valence-electron chi connectivity index (χ3n) is 12.9. The minimum Gasteiger partial charge on any atom is -0.309 e. The molecule has 5 heteroatoms. The average Bonchev–Trinajstić information content (AvgIpc) is 3.94. The van der Waals surface area contributed by atoms with Gasteiger partial charge in [-0.2, -0.15) is 0 Å². The first-order chi connectivity index (χ1) is 32.7. The summed E-state index contributed by atoms with van der Waals surface area (Å²) in [6.07, 6.45) is 0. The van der Waals surface area contributed by atoms with Crippen LogP contribution in [0, 0.1) is 0 Å². The zero-order chi connectivity index (χ0) is 43.6. The second-order valence-corrected chi connectivity index (χ2v) is 17.8. The van der Waals surface area contributed by atoms with Crippen LogP contribution < -0.4 is 0 Å². The Labute approximate surface area is 385 Å². The van der Waals surface area contributed by atoms with Gasteiger partial charge in [0.05, 0.1) is 11.0 Å². The van der Waals surface area contributed by atoms with Crippen molar-refractivity contribution in [3.8, 4) is 73.2 Å². The van der Waals surface area contributed by atoms with Crippen molar-refractivity contribution in [1.29, 1.82) is 0 Å². The monoisotopic (exact) mass is 858 g/mol. The maximum Gasteiger partial charge on any atom is 0.164 e. The zero-order valence-electron chi connectivity index (χ0n) is 35.6. The second-order valence-electron chi connectivity index (χ2n) is 16.8. The zero-order valence-corrected chi connectivity index (χ0v) is 36.5. The van der Waals surface area contributed by atoms with Crippen LogP contribution in [0.15, 0.2) is 231 Å². The molecule has 0 amide bonds. The van der Waals surface area contributed by atoms with E-state index in [-0.39, 0.29) is 0 Å². The summed E-state index contributed by atoms with van der Waals surface area (Å²) in [5.41, 5.74) is 13.1. The lowest BCUT2D eigenvalue weighted by Crippen LogP contribution is -2.02. The first-order valence-corrected chi connectivity index (χ1v) is 23.1. The quantitative estimate of drug-likeness (QED) is 0.160. The van der Waals surface area contributed by atoms with Gasteiger partial charge in [-0.3, -0.25) is 0 Å². The summed E-state index contributed by atoms with van der Waals surface area (Å²) in [4.78, 5) is 15.8. The van der Waals surface area contributed by atoms with Crippen LogP contribution >= 0.6 is 11.3 Å². The number of para-hydroxylation sites is 1. The standard InChI is InChI=1S/C61H38N4S/c1-3-14-39(15-4-1)40-26-28-41(29-27-40)42-30-32-44(33-31-42)60-62-59(43-16-5-2-6-17-43)63-61(64-60)52-35-34-47(38-53(52)51-23-13-22-50-49-21-10-12-25-57(49)66-58(50)51)65-55-24-11-9-20-48(55)54-36-45-18-7-8-19-46(45)37-56(54)65/h1-38H. The van der Waals surface area contributed by atoms with Gasteiger partial charge in [0.15, 0.2) is 17.5 Å². The molecule has 0 saturated heterocycles.